The molecule has 1 unspecified atom stereocenters. The zero-order valence-corrected chi connectivity index (χ0v) is 35.8. The van der Waals surface area contributed by atoms with E-state index >= 15 is 0 Å². The highest BCUT2D eigenvalue weighted by Crippen LogP contribution is 2.62. The van der Waals surface area contributed by atoms with Crippen LogP contribution in [0, 0.1) is 17.8 Å². The molecular weight excluding hydrogens is 789 g/mol. The van der Waals surface area contributed by atoms with Gasteiger partial charge < -0.3 is 48.6 Å². The van der Waals surface area contributed by atoms with Crippen molar-refractivity contribution in [3.05, 3.63) is 78.4 Å². The topological polar surface area (TPSA) is 158 Å². The number of thioether (sulfide) groups is 1. The van der Waals surface area contributed by atoms with Crippen LogP contribution >= 0.6 is 11.8 Å². The third-order valence-electron chi connectivity index (χ3n) is 11.9. The van der Waals surface area contributed by atoms with E-state index in [1.807, 2.05) is 30.3 Å². The minimum absolute atomic E-state index is 0.0595. The molecule has 4 aliphatic rings. The predicted molar refractivity (Wildman–Crippen MR) is 229 cm³/mol. The van der Waals surface area contributed by atoms with Crippen LogP contribution in [-0.2, 0) is 23.8 Å². The van der Waals surface area contributed by atoms with Crippen molar-refractivity contribution in [2.45, 2.75) is 93.1 Å². The second-order valence-electron chi connectivity index (χ2n) is 15.7. The second kappa shape index (κ2) is 23.5. The lowest BCUT2D eigenvalue weighted by atomic mass is 9.55. The van der Waals surface area contributed by atoms with Crippen LogP contribution in [0.15, 0.2) is 82.9 Å². The van der Waals surface area contributed by atoms with E-state index < -0.39 is 30.1 Å². The van der Waals surface area contributed by atoms with E-state index in [0.717, 1.165) is 61.2 Å². The maximum Gasteiger partial charge on any atom is 0.410 e. The maximum absolute atomic E-state index is 14.0. The van der Waals surface area contributed by atoms with Gasteiger partial charge in [-0.1, -0.05) is 48.3 Å². The van der Waals surface area contributed by atoms with Crippen LogP contribution in [0.1, 0.15) is 75.7 Å². The fraction of sp³-hybridized carbons (Fsp3) is 0.609. The van der Waals surface area contributed by atoms with Crippen molar-refractivity contribution in [2.24, 2.45) is 22.9 Å². The van der Waals surface area contributed by atoms with E-state index in [0.29, 0.717) is 43.9 Å². The van der Waals surface area contributed by atoms with Gasteiger partial charge in [-0.15, -0.1) is 18.3 Å². The smallest absolute Gasteiger partial charge is 0.410 e. The highest BCUT2D eigenvalue weighted by atomic mass is 32.2. The molecule has 14 heteroatoms. The maximum atomic E-state index is 14.0. The number of hydrogen-bond donors (Lipinski definition) is 3. The summed E-state index contributed by atoms with van der Waals surface area (Å²) in [5, 5.41) is 34.2. The van der Waals surface area contributed by atoms with Gasteiger partial charge in [0.25, 0.3) is 0 Å². The zero-order valence-electron chi connectivity index (χ0n) is 35.0. The molecule has 1 saturated carbocycles. The molecule has 2 fully saturated rings. The van der Waals surface area contributed by atoms with Crippen LogP contribution in [0.25, 0.3) is 0 Å². The van der Waals surface area contributed by atoms with Gasteiger partial charge in [0.05, 0.1) is 58.4 Å². The van der Waals surface area contributed by atoms with Crippen LogP contribution in [0.5, 0.6) is 11.5 Å². The zero-order chi connectivity index (χ0) is 42.2. The monoisotopic (exact) mass is 852 g/mol. The third kappa shape index (κ3) is 11.2. The number of unbranched alkanes of at least 4 members (excludes halogenated alkanes) is 2. The molecule has 1 amide bonds. The second-order valence-corrected chi connectivity index (χ2v) is 16.9. The quantitative estimate of drug-likeness (QED) is 0.0427. The molecule has 1 saturated heterocycles. The molecule has 7 atom stereocenters. The van der Waals surface area contributed by atoms with Gasteiger partial charge in [0.15, 0.2) is 0 Å². The Morgan fingerprint density at radius 2 is 1.83 bits per heavy atom. The summed E-state index contributed by atoms with van der Waals surface area (Å²) in [5.74, 6) is 0.133. The summed E-state index contributed by atoms with van der Waals surface area (Å²) in [7, 11) is 1.35. The molecule has 0 bridgehead atoms. The summed E-state index contributed by atoms with van der Waals surface area (Å²) in [6.07, 6.45) is 10.4. The minimum Gasteiger partial charge on any atom is -0.493 e. The molecular formula is C46H64N2O11S. The van der Waals surface area contributed by atoms with Gasteiger partial charge in [-0.3, -0.25) is 4.90 Å². The molecule has 330 valence electrons. The Kier molecular flexibility index (Phi) is 18.0. The van der Waals surface area contributed by atoms with Gasteiger partial charge in [0.1, 0.15) is 17.5 Å². The van der Waals surface area contributed by atoms with E-state index in [9.17, 15) is 20.1 Å². The van der Waals surface area contributed by atoms with Crippen molar-refractivity contribution in [2.75, 3.05) is 72.3 Å². The Balaban J connectivity index is 1.49. The molecule has 2 heterocycles. The van der Waals surface area contributed by atoms with Crippen LogP contribution in [0.2, 0.25) is 0 Å². The Bertz CT molecular complexity index is 1710. The number of fused-ring (bicyclic) bond motifs is 2. The molecule has 60 heavy (non-hydrogen) atoms. The number of carbonyl (C=O) groups is 1. The van der Waals surface area contributed by atoms with Crippen molar-refractivity contribution in [1.82, 2.24) is 4.90 Å². The molecule has 0 spiro atoms. The number of amides is 1. The van der Waals surface area contributed by atoms with E-state index in [1.165, 1.54) is 12.0 Å². The van der Waals surface area contributed by atoms with Crippen LogP contribution in [0.3, 0.4) is 0 Å². The van der Waals surface area contributed by atoms with E-state index in [-0.39, 0.29) is 70.4 Å². The molecule has 2 aliphatic carbocycles. The molecule has 2 aromatic rings. The molecule has 0 aromatic heterocycles. The number of nitrogens with zero attached hydrogens (tertiary/aromatic N) is 2. The number of ether oxygens (including phenoxy) is 6. The Labute approximate surface area is 359 Å². The summed E-state index contributed by atoms with van der Waals surface area (Å²) in [6, 6.07) is 15.5. The summed E-state index contributed by atoms with van der Waals surface area (Å²) in [4.78, 5) is 23.0. The number of methoxy groups -OCH3 is 1. The van der Waals surface area contributed by atoms with Crippen molar-refractivity contribution in [3.8, 4) is 11.5 Å². The molecule has 2 aromatic carbocycles. The van der Waals surface area contributed by atoms with Gasteiger partial charge in [-0.2, -0.15) is 0 Å². The fourth-order valence-electron chi connectivity index (χ4n) is 9.31. The van der Waals surface area contributed by atoms with Crippen molar-refractivity contribution in [1.29, 1.82) is 0 Å². The first-order valence-electron chi connectivity index (χ1n) is 21.7. The lowest BCUT2D eigenvalue weighted by Gasteiger charge is -2.59. The highest BCUT2D eigenvalue weighted by Gasteiger charge is 2.65. The average Bonchev–Trinajstić information content (AvgIpc) is 3.28. The number of oxime groups is 1. The first-order valence-corrected chi connectivity index (χ1v) is 22.7. The average molecular weight is 853 g/mol. The Hall–Kier alpha value is -3.63. The van der Waals surface area contributed by atoms with Gasteiger partial charge in [0, 0.05) is 54.7 Å². The summed E-state index contributed by atoms with van der Waals surface area (Å²) < 4.78 is 37.8. The number of aliphatic hydroxyl groups is 3. The largest absolute Gasteiger partial charge is 0.493 e. The lowest BCUT2D eigenvalue weighted by molar-refractivity contribution is -0.256. The standard InChI is InChI=1S/C46H64N2O11S/c1-3-24-57-46-41(48(45(52)53-2)20-26-54-27-23-51)32-39(47-59-42-17-9-12-25-56-42)37-30-33(13-7-10-21-49)36(16-8-11-22-50)43(44(37)46)38-31-34(18-19-40(38)58-46)55-28-29-60-35-14-5-4-6-15-35/h3-6,14-15,18-19,30-31,33,36,41-44,49-51H,1,7-13,16-17,20-29,32H2,2H3/t33-,36+,41-,42?,43+,44+,46+/m0/s1. The van der Waals surface area contributed by atoms with Gasteiger partial charge >= 0.3 is 6.09 Å². The van der Waals surface area contributed by atoms with E-state index in [2.05, 4.69) is 30.9 Å². The van der Waals surface area contributed by atoms with Gasteiger partial charge in [0.2, 0.25) is 12.1 Å². The number of aliphatic hydroxyl groups excluding tert-OH is 3. The number of hydrogen-bond acceptors (Lipinski definition) is 13. The van der Waals surface area contributed by atoms with Crippen LogP contribution in [-0.4, -0.2) is 122 Å². The first kappa shape index (κ1) is 45.9. The Morgan fingerprint density at radius 1 is 1.02 bits per heavy atom. The van der Waals surface area contributed by atoms with E-state index in [4.69, 9.17) is 38.4 Å². The molecule has 6 rings (SSSR count). The SMILES string of the molecule is C=CCO[C@@]12Oc3ccc(OCCSc4ccccc4)cc3[C@H]3[C@H](CCCCO)[C@@H](CCCCO)C=C(C(=NOC4CCCCO4)C[C@@H]1N(CCOCCO)C(=O)OC)[C@H]32. The molecule has 2 aliphatic heterocycles. The predicted octanol–water partition coefficient (Wildman–Crippen LogP) is 7.10. The molecule has 3 N–H and O–H groups in total. The van der Waals surface area contributed by atoms with Crippen molar-refractivity contribution < 1.29 is 53.4 Å². The van der Waals surface area contributed by atoms with Crippen molar-refractivity contribution >= 4 is 23.6 Å². The van der Waals surface area contributed by atoms with E-state index in [1.54, 1.807) is 22.7 Å². The first-order chi connectivity index (χ1) is 29.5. The summed E-state index contributed by atoms with van der Waals surface area (Å²) in [5.41, 5.74) is 2.58. The fourth-order valence-corrected chi connectivity index (χ4v) is 10.1. The third-order valence-corrected chi connectivity index (χ3v) is 12.9. The molecule has 0 radical (unpaired) electrons. The van der Waals surface area contributed by atoms with Gasteiger partial charge in [-0.25, -0.2) is 4.79 Å². The number of benzene rings is 2. The highest BCUT2D eigenvalue weighted by molar-refractivity contribution is 7.99. The Morgan fingerprint density at radius 3 is 2.57 bits per heavy atom. The normalized spacial score (nSPS) is 26.3. The number of rotatable bonds is 24. The summed E-state index contributed by atoms with van der Waals surface area (Å²) >= 11 is 1.74. The minimum atomic E-state index is -1.44. The molecule has 13 nitrogen and oxygen atoms in total. The van der Waals surface area contributed by atoms with Gasteiger partial charge in [-0.05, 0) is 86.3 Å². The van der Waals surface area contributed by atoms with Crippen LogP contribution in [0.4, 0.5) is 4.79 Å². The number of allylic oxidation sites excluding steroid dienone is 1. The van der Waals surface area contributed by atoms with Crippen LogP contribution < -0.4 is 9.47 Å². The lowest BCUT2D eigenvalue weighted by Crippen LogP contribution is -2.70. The van der Waals surface area contributed by atoms with Crippen molar-refractivity contribution in [3.63, 3.8) is 0 Å². The number of carbonyl (C=O) groups excluding carboxylic acids is 1. The summed E-state index contributed by atoms with van der Waals surface area (Å²) in [6.45, 7) is 5.65.